The summed E-state index contributed by atoms with van der Waals surface area (Å²) in [6.45, 7) is 0. The number of furan rings is 1. The molecular weight excluding hydrogens is 262 g/mol. The topological polar surface area (TPSA) is 92.7 Å². The van der Waals surface area contributed by atoms with E-state index in [1.165, 1.54) is 18.4 Å². The number of para-hydroxylation sites is 1. The Balaban J connectivity index is 2.08. The molecule has 3 aromatic rings. The number of carbonyl (C=O) groups is 1. The molecule has 6 heteroatoms. The average Bonchev–Trinajstić information content (AvgIpc) is 2.97. The van der Waals surface area contributed by atoms with Crippen molar-refractivity contribution < 1.29 is 18.7 Å². The van der Waals surface area contributed by atoms with Crippen molar-refractivity contribution in [2.24, 2.45) is 0 Å². The van der Waals surface area contributed by atoms with E-state index >= 15 is 0 Å². The number of hydrogen-bond acceptors (Lipinski definition) is 5. The molecule has 0 spiro atoms. The van der Waals surface area contributed by atoms with Crippen LogP contribution in [0.5, 0.6) is 5.75 Å². The molecular formula is C14H9NO5. The summed E-state index contributed by atoms with van der Waals surface area (Å²) in [6, 6.07) is 9.46. The molecule has 20 heavy (non-hydrogen) atoms. The molecule has 1 aromatic carbocycles. The smallest absolute Gasteiger partial charge is 0.364 e. The van der Waals surface area contributed by atoms with Gasteiger partial charge in [0.15, 0.2) is 17.2 Å². The number of rotatable bonds is 2. The highest BCUT2D eigenvalue weighted by molar-refractivity contribution is 6.04. The Morgan fingerprint density at radius 3 is 2.70 bits per heavy atom. The van der Waals surface area contributed by atoms with Crippen LogP contribution in [0.3, 0.4) is 0 Å². The fourth-order valence-corrected chi connectivity index (χ4v) is 1.83. The van der Waals surface area contributed by atoms with Gasteiger partial charge in [-0.2, -0.15) is 0 Å². The zero-order chi connectivity index (χ0) is 14.1. The van der Waals surface area contributed by atoms with E-state index in [1.54, 1.807) is 24.3 Å². The van der Waals surface area contributed by atoms with E-state index in [1.807, 2.05) is 0 Å². The number of hydrogen-bond donors (Lipinski definition) is 2. The minimum absolute atomic E-state index is 0.0250. The highest BCUT2D eigenvalue weighted by atomic mass is 16.4. The van der Waals surface area contributed by atoms with Crippen molar-refractivity contribution in [2.45, 2.75) is 0 Å². The lowest BCUT2D eigenvalue weighted by Gasteiger charge is -2.06. The molecule has 0 radical (unpaired) electrons. The van der Waals surface area contributed by atoms with Crippen LogP contribution in [0.4, 0.5) is 5.69 Å². The second-order valence-electron chi connectivity index (χ2n) is 4.04. The van der Waals surface area contributed by atoms with Crippen LogP contribution in [-0.2, 0) is 0 Å². The molecule has 0 unspecified atom stereocenters. The van der Waals surface area contributed by atoms with Gasteiger partial charge in [-0.3, -0.25) is 4.79 Å². The monoisotopic (exact) mass is 271 g/mol. The van der Waals surface area contributed by atoms with Gasteiger partial charge in [0.1, 0.15) is 5.58 Å². The SMILES string of the molecule is O=C(Nc1c(O)c2ccccc2oc1=O)c1ccco1. The second kappa shape index (κ2) is 4.58. The molecule has 0 aliphatic carbocycles. The Kier molecular flexibility index (Phi) is 2.76. The van der Waals surface area contributed by atoms with Crippen LogP contribution in [-0.4, -0.2) is 11.0 Å². The lowest BCUT2D eigenvalue weighted by Crippen LogP contribution is -2.17. The summed E-state index contributed by atoms with van der Waals surface area (Å²) < 4.78 is 9.94. The molecule has 1 amide bonds. The molecule has 6 nitrogen and oxygen atoms in total. The number of benzene rings is 1. The first-order valence-corrected chi connectivity index (χ1v) is 5.76. The van der Waals surface area contributed by atoms with Gasteiger partial charge in [0.25, 0.3) is 5.91 Å². The van der Waals surface area contributed by atoms with Crippen molar-refractivity contribution in [3.63, 3.8) is 0 Å². The molecule has 0 bridgehead atoms. The maximum Gasteiger partial charge on any atom is 0.364 e. The maximum atomic E-state index is 11.8. The molecule has 3 rings (SSSR count). The molecule has 0 atom stereocenters. The molecule has 0 saturated carbocycles. The van der Waals surface area contributed by atoms with Gasteiger partial charge in [-0.15, -0.1) is 0 Å². The van der Waals surface area contributed by atoms with E-state index in [-0.39, 0.29) is 22.8 Å². The van der Waals surface area contributed by atoms with Crippen molar-refractivity contribution in [3.05, 3.63) is 58.8 Å². The maximum absolute atomic E-state index is 11.8. The Hall–Kier alpha value is -3.02. The predicted octanol–water partition coefficient (Wildman–Crippen LogP) is 2.34. The Morgan fingerprint density at radius 1 is 1.15 bits per heavy atom. The van der Waals surface area contributed by atoms with Crippen molar-refractivity contribution in [3.8, 4) is 5.75 Å². The number of carbonyl (C=O) groups excluding carboxylic acids is 1. The quantitative estimate of drug-likeness (QED) is 0.698. The summed E-state index contributed by atoms with van der Waals surface area (Å²) in [5, 5.41) is 12.7. The molecule has 0 aliphatic rings. The molecule has 0 aliphatic heterocycles. The fourth-order valence-electron chi connectivity index (χ4n) is 1.83. The van der Waals surface area contributed by atoms with Crippen molar-refractivity contribution in [2.75, 3.05) is 5.32 Å². The largest absolute Gasteiger partial charge is 0.505 e. The lowest BCUT2D eigenvalue weighted by atomic mass is 10.2. The van der Waals surface area contributed by atoms with E-state index in [4.69, 9.17) is 8.83 Å². The van der Waals surface area contributed by atoms with Gasteiger partial charge in [0, 0.05) is 0 Å². The normalized spacial score (nSPS) is 10.6. The lowest BCUT2D eigenvalue weighted by molar-refractivity contribution is 0.0996. The van der Waals surface area contributed by atoms with Crippen molar-refractivity contribution in [1.82, 2.24) is 0 Å². The van der Waals surface area contributed by atoms with Crippen LogP contribution >= 0.6 is 0 Å². The van der Waals surface area contributed by atoms with Crippen LogP contribution in [0, 0.1) is 0 Å². The van der Waals surface area contributed by atoms with Gasteiger partial charge < -0.3 is 19.3 Å². The standard InChI is InChI=1S/C14H9NO5/c16-12-8-4-1-2-5-9(8)20-14(18)11(12)15-13(17)10-6-3-7-19-10/h1-7,16H,(H,15,17). The zero-order valence-corrected chi connectivity index (χ0v) is 10.1. The Morgan fingerprint density at radius 2 is 1.95 bits per heavy atom. The Bertz CT molecular complexity index is 832. The van der Waals surface area contributed by atoms with Gasteiger partial charge in [-0.1, -0.05) is 12.1 Å². The van der Waals surface area contributed by atoms with Crippen LogP contribution in [0.25, 0.3) is 11.0 Å². The van der Waals surface area contributed by atoms with Gasteiger partial charge >= 0.3 is 5.63 Å². The number of amides is 1. The summed E-state index contributed by atoms with van der Waals surface area (Å²) in [4.78, 5) is 23.6. The van der Waals surface area contributed by atoms with Crippen LogP contribution in [0.15, 0.2) is 56.3 Å². The molecule has 2 N–H and O–H groups in total. The molecule has 100 valence electrons. The van der Waals surface area contributed by atoms with Crippen LogP contribution < -0.4 is 10.9 Å². The van der Waals surface area contributed by atoms with E-state index in [0.29, 0.717) is 5.39 Å². The summed E-state index contributed by atoms with van der Waals surface area (Å²) in [6.07, 6.45) is 1.33. The minimum Gasteiger partial charge on any atom is -0.505 e. The van der Waals surface area contributed by atoms with Gasteiger partial charge in [-0.25, -0.2) is 4.79 Å². The minimum atomic E-state index is -0.832. The zero-order valence-electron chi connectivity index (χ0n) is 10.1. The third kappa shape index (κ3) is 1.93. The number of nitrogens with one attached hydrogen (secondary N) is 1. The third-order valence-electron chi connectivity index (χ3n) is 2.77. The first kappa shape index (κ1) is 12.0. The Labute approximate surface area is 112 Å². The molecule has 0 fully saturated rings. The summed E-state index contributed by atoms with van der Waals surface area (Å²) in [5.74, 6) is -0.957. The average molecular weight is 271 g/mol. The molecule has 0 saturated heterocycles. The fraction of sp³-hybridized carbons (Fsp3) is 0. The summed E-state index contributed by atoms with van der Waals surface area (Å²) in [5.41, 5.74) is -0.905. The second-order valence-corrected chi connectivity index (χ2v) is 4.04. The van der Waals surface area contributed by atoms with Gasteiger partial charge in [0.05, 0.1) is 11.6 Å². The van der Waals surface area contributed by atoms with Crippen LogP contribution in [0.1, 0.15) is 10.6 Å². The van der Waals surface area contributed by atoms with E-state index < -0.39 is 11.5 Å². The van der Waals surface area contributed by atoms with Crippen molar-refractivity contribution >= 4 is 22.6 Å². The van der Waals surface area contributed by atoms with Gasteiger partial charge in [-0.05, 0) is 24.3 Å². The molecule has 2 heterocycles. The van der Waals surface area contributed by atoms with Gasteiger partial charge in [0.2, 0.25) is 0 Å². The predicted molar refractivity (Wildman–Crippen MR) is 70.8 cm³/mol. The first-order chi connectivity index (χ1) is 9.66. The highest BCUT2D eigenvalue weighted by Gasteiger charge is 2.18. The first-order valence-electron chi connectivity index (χ1n) is 5.76. The van der Waals surface area contributed by atoms with Crippen molar-refractivity contribution in [1.29, 1.82) is 0 Å². The highest BCUT2D eigenvalue weighted by Crippen LogP contribution is 2.29. The summed E-state index contributed by atoms with van der Waals surface area (Å²) in [7, 11) is 0. The third-order valence-corrected chi connectivity index (χ3v) is 2.77. The number of fused-ring (bicyclic) bond motifs is 1. The van der Waals surface area contributed by atoms with E-state index in [9.17, 15) is 14.7 Å². The summed E-state index contributed by atoms with van der Waals surface area (Å²) >= 11 is 0. The number of anilines is 1. The molecule has 2 aromatic heterocycles. The van der Waals surface area contributed by atoms with E-state index in [0.717, 1.165) is 0 Å². The van der Waals surface area contributed by atoms with Crippen LogP contribution in [0.2, 0.25) is 0 Å². The number of aromatic hydroxyl groups is 1. The van der Waals surface area contributed by atoms with E-state index in [2.05, 4.69) is 5.32 Å².